The summed E-state index contributed by atoms with van der Waals surface area (Å²) in [7, 11) is -1.68. The molecule has 2 N–H and O–H groups in total. The number of sulfonamides is 1. The molecule has 96 valence electrons. The number of hydrogen-bond acceptors (Lipinski definition) is 4. The van der Waals surface area contributed by atoms with Gasteiger partial charge in [0.2, 0.25) is 10.0 Å². The molecule has 1 saturated heterocycles. The Bertz CT molecular complexity index is 286. The Hall–Kier alpha value is -0.170. The van der Waals surface area contributed by atoms with Crippen LogP contribution in [0.1, 0.15) is 19.8 Å². The lowest BCUT2D eigenvalue weighted by atomic mass is 9.92. The van der Waals surface area contributed by atoms with E-state index in [0.717, 1.165) is 25.9 Å². The lowest BCUT2D eigenvalue weighted by Gasteiger charge is -2.28. The lowest BCUT2D eigenvalue weighted by Crippen LogP contribution is -2.43. The van der Waals surface area contributed by atoms with Gasteiger partial charge >= 0.3 is 0 Å². The van der Waals surface area contributed by atoms with Crippen LogP contribution in [0.4, 0.5) is 0 Å². The molecular weight excluding hydrogens is 228 g/mol. The molecule has 1 heterocycles. The van der Waals surface area contributed by atoms with Crippen molar-refractivity contribution in [3.05, 3.63) is 0 Å². The summed E-state index contributed by atoms with van der Waals surface area (Å²) >= 11 is 0. The zero-order chi connectivity index (χ0) is 12.0. The highest BCUT2D eigenvalue weighted by Crippen LogP contribution is 2.16. The second-order valence-corrected chi connectivity index (χ2v) is 6.18. The number of piperidine rings is 1. The van der Waals surface area contributed by atoms with E-state index in [-0.39, 0.29) is 18.4 Å². The van der Waals surface area contributed by atoms with Crippen molar-refractivity contribution in [2.75, 3.05) is 32.6 Å². The minimum absolute atomic E-state index is 0.0176. The SMILES string of the molecule is COCCS(=O)(=O)NC(C)C1CCNCC1. The first-order chi connectivity index (χ1) is 7.55. The zero-order valence-electron chi connectivity index (χ0n) is 10.0. The fourth-order valence-electron chi connectivity index (χ4n) is 1.98. The van der Waals surface area contributed by atoms with Crippen molar-refractivity contribution in [3.8, 4) is 0 Å². The van der Waals surface area contributed by atoms with Gasteiger partial charge in [-0.3, -0.25) is 0 Å². The molecule has 1 rings (SSSR count). The summed E-state index contributed by atoms with van der Waals surface area (Å²) in [5.41, 5.74) is 0. The summed E-state index contributed by atoms with van der Waals surface area (Å²) in [6.45, 7) is 4.15. The van der Waals surface area contributed by atoms with Gasteiger partial charge < -0.3 is 10.1 Å². The largest absolute Gasteiger partial charge is 0.384 e. The fraction of sp³-hybridized carbons (Fsp3) is 1.00. The monoisotopic (exact) mass is 250 g/mol. The Labute approximate surface area is 98.0 Å². The van der Waals surface area contributed by atoms with Crippen molar-refractivity contribution >= 4 is 10.0 Å². The molecule has 1 aliphatic rings. The van der Waals surface area contributed by atoms with Crippen molar-refractivity contribution < 1.29 is 13.2 Å². The first kappa shape index (κ1) is 13.9. The van der Waals surface area contributed by atoms with E-state index in [1.54, 1.807) is 0 Å². The van der Waals surface area contributed by atoms with Crippen LogP contribution in [0.15, 0.2) is 0 Å². The number of ether oxygens (including phenoxy) is 1. The summed E-state index contributed by atoms with van der Waals surface area (Å²) in [5, 5.41) is 3.27. The predicted molar refractivity (Wildman–Crippen MR) is 63.9 cm³/mol. The van der Waals surface area contributed by atoms with E-state index < -0.39 is 10.0 Å². The molecule has 0 aliphatic carbocycles. The van der Waals surface area contributed by atoms with Crippen molar-refractivity contribution in [3.63, 3.8) is 0 Å². The summed E-state index contributed by atoms with van der Waals surface area (Å²) in [4.78, 5) is 0. The van der Waals surface area contributed by atoms with Crippen LogP contribution in [-0.4, -0.2) is 47.0 Å². The highest BCUT2D eigenvalue weighted by Gasteiger charge is 2.23. The minimum atomic E-state index is -3.19. The normalized spacial score (nSPS) is 20.9. The van der Waals surface area contributed by atoms with Gasteiger partial charge in [-0.2, -0.15) is 0 Å². The van der Waals surface area contributed by atoms with Gasteiger partial charge in [0.05, 0.1) is 12.4 Å². The van der Waals surface area contributed by atoms with Crippen LogP contribution in [0, 0.1) is 5.92 Å². The van der Waals surface area contributed by atoms with Gasteiger partial charge in [0.15, 0.2) is 0 Å². The molecule has 0 bridgehead atoms. The van der Waals surface area contributed by atoms with Crippen LogP contribution in [0.3, 0.4) is 0 Å². The average Bonchev–Trinajstić information content (AvgIpc) is 2.27. The Morgan fingerprint density at radius 1 is 1.44 bits per heavy atom. The first-order valence-electron chi connectivity index (χ1n) is 5.75. The van der Waals surface area contributed by atoms with E-state index in [1.807, 2.05) is 6.92 Å². The standard InChI is InChI=1S/C10H22N2O3S/c1-9(10-3-5-11-6-4-10)12-16(13,14)8-7-15-2/h9-12H,3-8H2,1-2H3. The Balaban J connectivity index is 2.39. The summed E-state index contributed by atoms with van der Waals surface area (Å²) in [6.07, 6.45) is 2.07. The van der Waals surface area contributed by atoms with Gasteiger partial charge in [0.1, 0.15) is 0 Å². The smallest absolute Gasteiger partial charge is 0.214 e. The molecule has 0 spiro atoms. The molecule has 0 aromatic rings. The number of hydrogen-bond donors (Lipinski definition) is 2. The average molecular weight is 250 g/mol. The fourth-order valence-corrected chi connectivity index (χ4v) is 3.24. The molecule has 0 radical (unpaired) electrons. The quantitative estimate of drug-likeness (QED) is 0.693. The van der Waals surface area contributed by atoms with E-state index in [2.05, 4.69) is 10.0 Å². The van der Waals surface area contributed by atoms with Gasteiger partial charge in [-0.15, -0.1) is 0 Å². The third kappa shape index (κ3) is 4.78. The highest BCUT2D eigenvalue weighted by atomic mass is 32.2. The molecule has 6 heteroatoms. The molecule has 1 atom stereocenters. The summed E-state index contributed by atoms with van der Waals surface area (Å²) in [6, 6.07) is 0.0176. The van der Waals surface area contributed by atoms with E-state index in [1.165, 1.54) is 7.11 Å². The molecule has 16 heavy (non-hydrogen) atoms. The van der Waals surface area contributed by atoms with Gasteiger partial charge in [-0.25, -0.2) is 13.1 Å². The van der Waals surface area contributed by atoms with Crippen molar-refractivity contribution in [2.24, 2.45) is 5.92 Å². The Kier molecular flexibility index (Phi) is 5.68. The van der Waals surface area contributed by atoms with Gasteiger partial charge in [-0.05, 0) is 38.8 Å². The van der Waals surface area contributed by atoms with Crippen molar-refractivity contribution in [1.82, 2.24) is 10.0 Å². The molecule has 5 nitrogen and oxygen atoms in total. The maximum absolute atomic E-state index is 11.6. The summed E-state index contributed by atoms with van der Waals surface area (Å²) < 4.78 is 30.8. The van der Waals surface area contributed by atoms with Crippen LogP contribution in [0.25, 0.3) is 0 Å². The van der Waals surface area contributed by atoms with Gasteiger partial charge in [-0.1, -0.05) is 0 Å². The van der Waals surface area contributed by atoms with E-state index in [9.17, 15) is 8.42 Å². The predicted octanol–water partition coefficient (Wildman–Crippen LogP) is -0.0597. The molecule has 0 saturated carbocycles. The summed E-state index contributed by atoms with van der Waals surface area (Å²) in [5.74, 6) is 0.484. The topological polar surface area (TPSA) is 67.4 Å². The van der Waals surface area contributed by atoms with Crippen LogP contribution in [0.5, 0.6) is 0 Å². The molecule has 1 unspecified atom stereocenters. The molecule has 0 aromatic carbocycles. The van der Waals surface area contributed by atoms with E-state index in [4.69, 9.17) is 4.74 Å². The van der Waals surface area contributed by atoms with Crippen LogP contribution in [0.2, 0.25) is 0 Å². The maximum atomic E-state index is 11.6. The van der Waals surface area contributed by atoms with Crippen LogP contribution in [-0.2, 0) is 14.8 Å². The molecule has 0 aromatic heterocycles. The molecule has 1 aliphatic heterocycles. The van der Waals surface area contributed by atoms with E-state index in [0.29, 0.717) is 5.92 Å². The second kappa shape index (κ2) is 6.54. The highest BCUT2D eigenvalue weighted by molar-refractivity contribution is 7.89. The van der Waals surface area contributed by atoms with Crippen LogP contribution < -0.4 is 10.0 Å². The number of nitrogens with one attached hydrogen (secondary N) is 2. The number of methoxy groups -OCH3 is 1. The number of rotatable bonds is 6. The Morgan fingerprint density at radius 3 is 2.62 bits per heavy atom. The Morgan fingerprint density at radius 2 is 2.06 bits per heavy atom. The molecule has 0 amide bonds. The third-order valence-electron chi connectivity index (χ3n) is 3.01. The van der Waals surface area contributed by atoms with Crippen molar-refractivity contribution in [2.45, 2.75) is 25.8 Å². The van der Waals surface area contributed by atoms with E-state index >= 15 is 0 Å². The van der Waals surface area contributed by atoms with Crippen molar-refractivity contribution in [1.29, 1.82) is 0 Å². The van der Waals surface area contributed by atoms with Crippen LogP contribution >= 0.6 is 0 Å². The minimum Gasteiger partial charge on any atom is -0.384 e. The van der Waals surface area contributed by atoms with Gasteiger partial charge in [0.25, 0.3) is 0 Å². The first-order valence-corrected chi connectivity index (χ1v) is 7.40. The lowest BCUT2D eigenvalue weighted by molar-refractivity contribution is 0.216. The van der Waals surface area contributed by atoms with Gasteiger partial charge in [0, 0.05) is 13.2 Å². The molecular formula is C10H22N2O3S. The zero-order valence-corrected chi connectivity index (χ0v) is 10.8. The second-order valence-electron chi connectivity index (χ2n) is 4.31. The maximum Gasteiger partial charge on any atom is 0.214 e. The molecule has 1 fully saturated rings. The third-order valence-corrected chi connectivity index (χ3v) is 4.45.